The van der Waals surface area contributed by atoms with Crippen LogP contribution in [0.25, 0.3) is 33.3 Å². The molecule has 1 fully saturated rings. The first-order valence-electron chi connectivity index (χ1n) is 11.0. The van der Waals surface area contributed by atoms with E-state index < -0.39 is 5.82 Å². The lowest BCUT2D eigenvalue weighted by Crippen LogP contribution is -2.22. The van der Waals surface area contributed by atoms with Gasteiger partial charge in [-0.25, -0.2) is 9.37 Å². The lowest BCUT2D eigenvalue weighted by Gasteiger charge is -2.27. The van der Waals surface area contributed by atoms with Gasteiger partial charge in [0.1, 0.15) is 5.82 Å². The number of benzene rings is 1. The molecule has 0 spiro atoms. The largest absolute Gasteiger partial charge is 0.469 e. The van der Waals surface area contributed by atoms with Gasteiger partial charge < -0.3 is 9.30 Å². The number of carbonyl (C=O) groups is 1. The number of esters is 1. The van der Waals surface area contributed by atoms with Gasteiger partial charge in [0.25, 0.3) is 0 Å². The van der Waals surface area contributed by atoms with Crippen LogP contribution in [0.1, 0.15) is 49.8 Å². The van der Waals surface area contributed by atoms with E-state index in [4.69, 9.17) is 21.3 Å². The van der Waals surface area contributed by atoms with Gasteiger partial charge in [0.05, 0.1) is 41.0 Å². The molecule has 1 N–H and O–H groups in total. The minimum absolute atomic E-state index is 0.0551. The van der Waals surface area contributed by atoms with Crippen LogP contribution >= 0.6 is 11.6 Å². The topological polar surface area (TPSA) is 72.8 Å². The molecule has 0 radical (unpaired) electrons. The summed E-state index contributed by atoms with van der Waals surface area (Å²) in [5.41, 5.74) is 6.10. The molecule has 33 heavy (non-hydrogen) atoms. The van der Waals surface area contributed by atoms with Gasteiger partial charge in [-0.3, -0.25) is 9.89 Å². The third-order valence-electron chi connectivity index (χ3n) is 6.62. The number of H-pyrrole nitrogens is 1. The van der Waals surface area contributed by atoms with Crippen molar-refractivity contribution in [2.24, 2.45) is 5.92 Å². The second-order valence-electron chi connectivity index (χ2n) is 8.71. The number of nitrogens with zero attached hydrogens (tertiary/aromatic N) is 3. The number of aromatic nitrogens is 4. The Morgan fingerprint density at radius 1 is 1.27 bits per heavy atom. The van der Waals surface area contributed by atoms with Crippen LogP contribution < -0.4 is 0 Å². The Balaban J connectivity index is 1.74. The average molecular weight is 467 g/mol. The number of hydrogen-bond acceptors (Lipinski definition) is 4. The van der Waals surface area contributed by atoms with Crippen molar-refractivity contribution in [1.82, 2.24) is 19.7 Å². The summed E-state index contributed by atoms with van der Waals surface area (Å²) in [5, 5.41) is 8.03. The smallest absolute Gasteiger partial charge is 0.308 e. The van der Waals surface area contributed by atoms with E-state index >= 15 is 0 Å². The molecule has 1 aliphatic rings. The number of hydrogen-bond donors (Lipinski definition) is 1. The van der Waals surface area contributed by atoms with Crippen molar-refractivity contribution in [2.75, 3.05) is 7.11 Å². The van der Waals surface area contributed by atoms with Gasteiger partial charge in [-0.2, -0.15) is 5.10 Å². The van der Waals surface area contributed by atoms with E-state index in [0.29, 0.717) is 5.65 Å². The first kappa shape index (κ1) is 21.6. The van der Waals surface area contributed by atoms with Crippen LogP contribution in [0.3, 0.4) is 0 Å². The molecule has 0 bridgehead atoms. The van der Waals surface area contributed by atoms with E-state index in [1.54, 1.807) is 18.3 Å². The molecule has 170 valence electrons. The molecule has 1 aromatic carbocycles. The number of allylic oxidation sites excluding steroid dienone is 1. The number of ether oxygens (including phenoxy) is 1. The minimum Gasteiger partial charge on any atom is -0.469 e. The second kappa shape index (κ2) is 8.30. The molecule has 3 aromatic heterocycles. The maximum Gasteiger partial charge on any atom is 0.308 e. The summed E-state index contributed by atoms with van der Waals surface area (Å²) < 4.78 is 21.0. The highest BCUT2D eigenvalue weighted by molar-refractivity contribution is 6.30. The molecule has 6 nitrogen and oxygen atoms in total. The first-order chi connectivity index (χ1) is 15.9. The van der Waals surface area contributed by atoms with Crippen LogP contribution in [0.15, 0.2) is 37.0 Å². The summed E-state index contributed by atoms with van der Waals surface area (Å²) in [4.78, 5) is 17.0. The molecular formula is C25H24ClFN4O2. The Labute approximate surface area is 195 Å². The highest BCUT2D eigenvalue weighted by Crippen LogP contribution is 2.44. The third kappa shape index (κ3) is 3.60. The van der Waals surface area contributed by atoms with Gasteiger partial charge in [0.15, 0.2) is 5.65 Å². The van der Waals surface area contributed by atoms with Crippen LogP contribution in [-0.4, -0.2) is 32.8 Å². The van der Waals surface area contributed by atoms with Crippen LogP contribution in [0.4, 0.5) is 4.39 Å². The highest BCUT2D eigenvalue weighted by Gasteiger charge is 2.33. The summed E-state index contributed by atoms with van der Waals surface area (Å²) in [6.07, 6.45) is 4.93. The van der Waals surface area contributed by atoms with Crippen molar-refractivity contribution in [3.05, 3.63) is 59.1 Å². The zero-order valence-corrected chi connectivity index (χ0v) is 19.2. The van der Waals surface area contributed by atoms with Crippen LogP contribution in [-0.2, 0) is 9.53 Å². The summed E-state index contributed by atoms with van der Waals surface area (Å²) in [6, 6.07) is 6.75. The highest BCUT2D eigenvalue weighted by atomic mass is 35.5. The minimum atomic E-state index is -0.467. The number of aromatic amines is 1. The molecule has 0 amide bonds. The van der Waals surface area contributed by atoms with Gasteiger partial charge in [0, 0.05) is 16.6 Å². The van der Waals surface area contributed by atoms with Crippen LogP contribution in [0.5, 0.6) is 0 Å². The summed E-state index contributed by atoms with van der Waals surface area (Å²) in [6.45, 7) is 6.23. The predicted molar refractivity (Wildman–Crippen MR) is 127 cm³/mol. The Kier molecular flexibility index (Phi) is 5.44. The van der Waals surface area contributed by atoms with Gasteiger partial charge in [-0.1, -0.05) is 18.2 Å². The summed E-state index contributed by atoms with van der Waals surface area (Å²) in [5.74, 6) is -0.485. The Morgan fingerprint density at radius 2 is 2.03 bits per heavy atom. The first-order valence-corrected chi connectivity index (χ1v) is 11.3. The number of pyridine rings is 1. The summed E-state index contributed by atoms with van der Waals surface area (Å²) in [7, 11) is 1.44. The standard InChI is InChI=1S/C25H24ClFN4O2/c1-13(2)23-21(14-4-6-15(7-5-14)25(32)33-3)22-20(10-16-12-28-30-24(16)29-22)31(23)17-8-9-19(27)18(26)11-17/h8-12,14-15H,1,4-7H2,2-3H3,(H,28,29,30). The molecule has 1 saturated carbocycles. The average Bonchev–Trinajstić information content (AvgIpc) is 3.40. The van der Waals surface area contributed by atoms with Gasteiger partial charge in [-0.05, 0) is 68.4 Å². The van der Waals surface area contributed by atoms with E-state index in [2.05, 4.69) is 21.3 Å². The molecule has 0 unspecified atom stereocenters. The van der Waals surface area contributed by atoms with Crippen molar-refractivity contribution in [3.63, 3.8) is 0 Å². The van der Waals surface area contributed by atoms with Gasteiger partial charge >= 0.3 is 5.97 Å². The Morgan fingerprint density at radius 3 is 2.70 bits per heavy atom. The predicted octanol–water partition coefficient (Wildman–Crippen LogP) is 6.17. The fraction of sp³-hybridized carbons (Fsp3) is 0.320. The van der Waals surface area contributed by atoms with Crippen LogP contribution in [0, 0.1) is 11.7 Å². The van der Waals surface area contributed by atoms with E-state index in [0.717, 1.165) is 64.6 Å². The molecule has 4 aromatic rings. The Bertz CT molecular complexity index is 1400. The number of nitrogens with one attached hydrogen (secondary N) is 1. The van der Waals surface area contributed by atoms with E-state index in [-0.39, 0.29) is 22.8 Å². The van der Waals surface area contributed by atoms with Crippen molar-refractivity contribution in [2.45, 2.75) is 38.5 Å². The van der Waals surface area contributed by atoms with Gasteiger partial charge in [0.2, 0.25) is 0 Å². The maximum atomic E-state index is 14.0. The van der Waals surface area contributed by atoms with Crippen molar-refractivity contribution in [1.29, 1.82) is 0 Å². The second-order valence-corrected chi connectivity index (χ2v) is 9.12. The SMILES string of the molecule is C=C(C)c1c(C2CCC(C(=O)OC)CC2)c2nc3[nH]ncc3cc2n1-c1ccc(F)c(Cl)c1. The molecule has 8 heteroatoms. The van der Waals surface area contributed by atoms with E-state index in [9.17, 15) is 9.18 Å². The van der Waals surface area contributed by atoms with E-state index in [1.165, 1.54) is 13.2 Å². The molecule has 0 atom stereocenters. The lowest BCUT2D eigenvalue weighted by molar-refractivity contribution is -0.146. The number of methoxy groups -OCH3 is 1. The molecule has 1 aliphatic carbocycles. The fourth-order valence-corrected chi connectivity index (χ4v) is 5.25. The zero-order chi connectivity index (χ0) is 23.3. The van der Waals surface area contributed by atoms with Crippen molar-refractivity contribution < 1.29 is 13.9 Å². The monoisotopic (exact) mass is 466 g/mol. The Hall–Kier alpha value is -3.19. The van der Waals surface area contributed by atoms with Crippen molar-refractivity contribution >= 4 is 45.2 Å². The number of carbonyl (C=O) groups excluding carboxylic acids is 1. The molecule has 0 aliphatic heterocycles. The zero-order valence-electron chi connectivity index (χ0n) is 18.5. The quantitative estimate of drug-likeness (QED) is 0.365. The third-order valence-corrected chi connectivity index (χ3v) is 6.91. The molecule has 5 rings (SSSR count). The lowest BCUT2D eigenvalue weighted by atomic mass is 9.78. The van der Waals surface area contributed by atoms with Crippen molar-refractivity contribution in [3.8, 4) is 5.69 Å². The molecule has 3 heterocycles. The maximum absolute atomic E-state index is 14.0. The molecule has 0 saturated heterocycles. The van der Waals surface area contributed by atoms with Gasteiger partial charge in [-0.15, -0.1) is 0 Å². The number of halogens is 2. The summed E-state index contributed by atoms with van der Waals surface area (Å²) >= 11 is 6.15. The van der Waals surface area contributed by atoms with Crippen LogP contribution in [0.2, 0.25) is 5.02 Å². The fourth-order valence-electron chi connectivity index (χ4n) is 5.07. The number of fused-ring (bicyclic) bond motifs is 2. The molecular weight excluding hydrogens is 443 g/mol. The number of rotatable bonds is 4. The van der Waals surface area contributed by atoms with E-state index in [1.807, 2.05) is 13.0 Å². The normalized spacial score (nSPS) is 18.7.